The van der Waals surface area contributed by atoms with Gasteiger partial charge in [-0.2, -0.15) is 0 Å². The topological polar surface area (TPSA) is 95.2 Å². The van der Waals surface area contributed by atoms with Crippen molar-refractivity contribution in [3.63, 3.8) is 0 Å². The lowest BCUT2D eigenvalue weighted by Crippen LogP contribution is -2.14. The van der Waals surface area contributed by atoms with E-state index in [-0.39, 0.29) is 11.4 Å². The molecule has 0 aliphatic heterocycles. The van der Waals surface area contributed by atoms with Gasteiger partial charge < -0.3 is 19.8 Å². The van der Waals surface area contributed by atoms with Crippen molar-refractivity contribution in [1.29, 1.82) is 0 Å². The molecule has 0 fully saturated rings. The smallest absolute Gasteiger partial charge is 0.354 e. The van der Waals surface area contributed by atoms with Gasteiger partial charge in [0.1, 0.15) is 17.2 Å². The summed E-state index contributed by atoms with van der Waals surface area (Å²) in [5, 5.41) is 11.4. The molecule has 1 unspecified atom stereocenters. The second kappa shape index (κ2) is 7.94. The molecule has 2 aromatic heterocycles. The molecule has 0 radical (unpaired) electrons. The molecule has 0 saturated heterocycles. The molecule has 1 atom stereocenters. The molecule has 0 saturated carbocycles. The molecule has 33 heavy (non-hydrogen) atoms. The SMILES string of the molecule is COC(=O)c1[nH]c2ccccc2c1C(c1cccc(F)c1)c1c(C(=O)O)[nH]c2ccccc12. The fourth-order valence-corrected chi connectivity index (χ4v) is 4.52. The molecule has 3 N–H and O–H groups in total. The summed E-state index contributed by atoms with van der Waals surface area (Å²) in [5.41, 5.74) is 2.96. The molecule has 0 aliphatic carbocycles. The number of aromatic amines is 2. The highest BCUT2D eigenvalue weighted by Gasteiger charge is 2.33. The number of rotatable bonds is 5. The van der Waals surface area contributed by atoms with Crippen LogP contribution in [0.2, 0.25) is 0 Å². The number of aromatic carboxylic acids is 1. The number of nitrogens with one attached hydrogen (secondary N) is 2. The lowest BCUT2D eigenvalue weighted by atomic mass is 9.82. The Morgan fingerprint density at radius 3 is 2.00 bits per heavy atom. The molecule has 5 aromatic rings. The van der Waals surface area contributed by atoms with Crippen LogP contribution in [0.5, 0.6) is 0 Å². The first kappa shape index (κ1) is 20.5. The third-order valence-electron chi connectivity index (χ3n) is 5.86. The van der Waals surface area contributed by atoms with Crippen LogP contribution in [0, 0.1) is 5.82 Å². The number of halogens is 1. The largest absolute Gasteiger partial charge is 0.477 e. The lowest BCUT2D eigenvalue weighted by molar-refractivity contribution is 0.0593. The minimum absolute atomic E-state index is 0.0217. The Bertz CT molecular complexity index is 1530. The number of carboxylic acid groups (broad SMARTS) is 1. The zero-order chi connectivity index (χ0) is 23.1. The van der Waals surface area contributed by atoms with Crippen LogP contribution >= 0.6 is 0 Å². The molecular weight excluding hydrogens is 423 g/mol. The maximum atomic E-state index is 14.4. The summed E-state index contributed by atoms with van der Waals surface area (Å²) in [6, 6.07) is 20.5. The van der Waals surface area contributed by atoms with Gasteiger partial charge in [0, 0.05) is 38.9 Å². The maximum absolute atomic E-state index is 14.4. The van der Waals surface area contributed by atoms with E-state index in [9.17, 15) is 19.1 Å². The Morgan fingerprint density at radius 2 is 1.42 bits per heavy atom. The van der Waals surface area contributed by atoms with Gasteiger partial charge in [-0.25, -0.2) is 14.0 Å². The summed E-state index contributed by atoms with van der Waals surface area (Å²) in [6.45, 7) is 0. The first-order chi connectivity index (χ1) is 16.0. The average molecular weight is 442 g/mol. The summed E-state index contributed by atoms with van der Waals surface area (Å²) >= 11 is 0. The van der Waals surface area contributed by atoms with Crippen LogP contribution < -0.4 is 0 Å². The Hall–Kier alpha value is -4.39. The molecule has 0 spiro atoms. The minimum atomic E-state index is -1.15. The van der Waals surface area contributed by atoms with E-state index in [1.54, 1.807) is 24.3 Å². The standard InChI is InChI=1S/C26H19FN2O4/c1-33-26(32)24-22(17-10-3-5-12-19(17)29-24)20(14-7-6-8-15(27)13-14)21-16-9-2-4-11-18(16)28-23(21)25(30)31/h2-13,20,28-29H,1H3,(H,30,31). The molecule has 164 valence electrons. The van der Waals surface area contributed by atoms with Crippen LogP contribution in [-0.4, -0.2) is 34.1 Å². The number of H-pyrrole nitrogens is 2. The number of para-hydroxylation sites is 2. The third kappa shape index (κ3) is 3.34. The molecule has 7 heteroatoms. The molecule has 0 amide bonds. The van der Waals surface area contributed by atoms with Gasteiger partial charge in [-0.1, -0.05) is 48.5 Å². The van der Waals surface area contributed by atoms with Gasteiger partial charge in [-0.05, 0) is 29.8 Å². The van der Waals surface area contributed by atoms with Gasteiger partial charge in [-0.15, -0.1) is 0 Å². The highest BCUT2D eigenvalue weighted by molar-refractivity contribution is 6.03. The van der Waals surface area contributed by atoms with Crippen LogP contribution in [0.15, 0.2) is 72.8 Å². The maximum Gasteiger partial charge on any atom is 0.354 e. The van der Waals surface area contributed by atoms with E-state index in [1.807, 2.05) is 36.4 Å². The predicted molar refractivity (Wildman–Crippen MR) is 122 cm³/mol. The van der Waals surface area contributed by atoms with E-state index in [0.29, 0.717) is 38.5 Å². The number of aromatic nitrogens is 2. The van der Waals surface area contributed by atoms with E-state index >= 15 is 0 Å². The van der Waals surface area contributed by atoms with Crippen LogP contribution in [0.25, 0.3) is 21.8 Å². The number of carboxylic acids is 1. The van der Waals surface area contributed by atoms with Gasteiger partial charge >= 0.3 is 11.9 Å². The predicted octanol–water partition coefficient (Wildman–Crippen LogP) is 5.45. The molecule has 0 aliphatic rings. The van der Waals surface area contributed by atoms with Crippen LogP contribution in [0.1, 0.15) is 43.6 Å². The third-order valence-corrected chi connectivity index (χ3v) is 5.86. The van der Waals surface area contributed by atoms with Crippen molar-refractivity contribution < 1.29 is 23.8 Å². The van der Waals surface area contributed by atoms with E-state index in [4.69, 9.17) is 4.74 Å². The molecule has 0 bridgehead atoms. The number of carbonyl (C=O) groups is 2. The number of carbonyl (C=O) groups excluding carboxylic acids is 1. The van der Waals surface area contributed by atoms with Crippen molar-refractivity contribution in [2.24, 2.45) is 0 Å². The monoisotopic (exact) mass is 442 g/mol. The molecular formula is C26H19FN2O4. The number of benzene rings is 3. The van der Waals surface area contributed by atoms with E-state index in [2.05, 4.69) is 9.97 Å². The van der Waals surface area contributed by atoms with E-state index in [1.165, 1.54) is 19.2 Å². The number of fused-ring (bicyclic) bond motifs is 2. The zero-order valence-corrected chi connectivity index (χ0v) is 17.6. The molecule has 6 nitrogen and oxygen atoms in total. The minimum Gasteiger partial charge on any atom is -0.477 e. The average Bonchev–Trinajstić information content (AvgIpc) is 3.39. The first-order valence-corrected chi connectivity index (χ1v) is 10.3. The summed E-state index contributed by atoms with van der Waals surface area (Å²) in [5.74, 6) is -2.98. The summed E-state index contributed by atoms with van der Waals surface area (Å²) in [7, 11) is 1.28. The zero-order valence-electron chi connectivity index (χ0n) is 17.6. The van der Waals surface area contributed by atoms with Gasteiger partial charge in [0.05, 0.1) is 7.11 Å². The van der Waals surface area contributed by atoms with E-state index < -0.39 is 23.7 Å². The van der Waals surface area contributed by atoms with Crippen LogP contribution in [0.4, 0.5) is 4.39 Å². The highest BCUT2D eigenvalue weighted by Crippen LogP contribution is 2.43. The van der Waals surface area contributed by atoms with Gasteiger partial charge in [0.25, 0.3) is 0 Å². The fraction of sp³-hybridized carbons (Fsp3) is 0.0769. The normalized spacial score (nSPS) is 12.2. The van der Waals surface area contributed by atoms with Gasteiger partial charge in [0.2, 0.25) is 0 Å². The van der Waals surface area contributed by atoms with Crippen molar-refractivity contribution in [3.8, 4) is 0 Å². The van der Waals surface area contributed by atoms with Gasteiger partial charge in [-0.3, -0.25) is 0 Å². The number of hydrogen-bond donors (Lipinski definition) is 3. The first-order valence-electron chi connectivity index (χ1n) is 10.3. The Balaban J connectivity index is 1.95. The van der Waals surface area contributed by atoms with Crippen molar-refractivity contribution in [2.75, 3.05) is 7.11 Å². The Labute approximate surface area is 187 Å². The van der Waals surface area contributed by atoms with Crippen molar-refractivity contribution in [2.45, 2.75) is 5.92 Å². The number of methoxy groups -OCH3 is 1. The molecule has 3 aromatic carbocycles. The summed E-state index contributed by atoms with van der Waals surface area (Å²) in [4.78, 5) is 31.2. The summed E-state index contributed by atoms with van der Waals surface area (Å²) in [6.07, 6.45) is 0. The fourth-order valence-electron chi connectivity index (χ4n) is 4.52. The second-order valence-electron chi connectivity index (χ2n) is 7.70. The molecule has 5 rings (SSSR count). The second-order valence-corrected chi connectivity index (χ2v) is 7.70. The van der Waals surface area contributed by atoms with Crippen molar-refractivity contribution in [3.05, 3.63) is 107 Å². The van der Waals surface area contributed by atoms with Gasteiger partial charge in [0.15, 0.2) is 0 Å². The quantitative estimate of drug-likeness (QED) is 0.315. The number of esters is 1. The Morgan fingerprint density at radius 1 is 0.848 bits per heavy atom. The highest BCUT2D eigenvalue weighted by atomic mass is 19.1. The van der Waals surface area contributed by atoms with Crippen LogP contribution in [-0.2, 0) is 4.74 Å². The van der Waals surface area contributed by atoms with Crippen molar-refractivity contribution in [1.82, 2.24) is 9.97 Å². The Kier molecular flexibility index (Phi) is 4.94. The van der Waals surface area contributed by atoms with E-state index in [0.717, 1.165) is 0 Å². The number of ether oxygens (including phenoxy) is 1. The van der Waals surface area contributed by atoms with Crippen LogP contribution in [0.3, 0.4) is 0 Å². The number of hydrogen-bond acceptors (Lipinski definition) is 3. The van der Waals surface area contributed by atoms with Crippen molar-refractivity contribution >= 4 is 33.7 Å². The molecule has 2 heterocycles. The lowest BCUT2D eigenvalue weighted by Gasteiger charge is -2.20. The summed E-state index contributed by atoms with van der Waals surface area (Å²) < 4.78 is 19.4.